The van der Waals surface area contributed by atoms with Crippen molar-refractivity contribution in [2.75, 3.05) is 25.5 Å². The number of nitrogens with one attached hydrogen (secondary N) is 1. The van der Waals surface area contributed by atoms with Crippen LogP contribution in [0.2, 0.25) is 0 Å². The van der Waals surface area contributed by atoms with Crippen LogP contribution in [-0.2, 0) is 5.41 Å². The van der Waals surface area contributed by atoms with Crippen LogP contribution in [-0.4, -0.2) is 56.8 Å². The van der Waals surface area contributed by atoms with Gasteiger partial charge in [-0.15, -0.1) is 0 Å². The summed E-state index contributed by atoms with van der Waals surface area (Å²) in [7, 11) is 2.09. The van der Waals surface area contributed by atoms with Gasteiger partial charge in [-0.2, -0.15) is 18.3 Å². The lowest BCUT2D eigenvalue weighted by atomic mass is 9.98. The Morgan fingerprint density at radius 2 is 2.03 bits per heavy atom. The van der Waals surface area contributed by atoms with E-state index in [9.17, 15) is 13.2 Å². The number of rotatable bonds is 4. The number of hydrogen-bond donors (Lipinski definition) is 1. The fourth-order valence-corrected chi connectivity index (χ4v) is 4.09. The van der Waals surface area contributed by atoms with Crippen LogP contribution in [0.5, 0.6) is 0 Å². The van der Waals surface area contributed by atoms with Crippen LogP contribution in [0.4, 0.5) is 19.0 Å². The summed E-state index contributed by atoms with van der Waals surface area (Å²) >= 11 is 0. The van der Waals surface area contributed by atoms with Gasteiger partial charge in [0, 0.05) is 12.6 Å². The Labute approximate surface area is 165 Å². The molecule has 1 saturated carbocycles. The Bertz CT molecular complexity index is 1060. The van der Waals surface area contributed by atoms with E-state index in [1.54, 1.807) is 10.7 Å². The van der Waals surface area contributed by atoms with Gasteiger partial charge in [0.15, 0.2) is 5.65 Å². The molecule has 29 heavy (non-hydrogen) atoms. The second kappa shape index (κ2) is 6.41. The smallest absolute Gasteiger partial charge is 0.366 e. The summed E-state index contributed by atoms with van der Waals surface area (Å²) in [6, 6.07) is 7.51. The van der Waals surface area contributed by atoms with E-state index in [1.807, 2.05) is 18.2 Å². The van der Waals surface area contributed by atoms with Gasteiger partial charge in [-0.3, -0.25) is 0 Å². The van der Waals surface area contributed by atoms with E-state index in [0.717, 1.165) is 25.3 Å². The van der Waals surface area contributed by atoms with Crippen LogP contribution in [0.3, 0.4) is 0 Å². The van der Waals surface area contributed by atoms with Gasteiger partial charge in [0.1, 0.15) is 11.5 Å². The van der Waals surface area contributed by atoms with Crippen LogP contribution in [0.25, 0.3) is 17.0 Å². The monoisotopic (exact) mass is 402 g/mol. The number of imidazole rings is 1. The maximum absolute atomic E-state index is 13.4. The Balaban J connectivity index is 1.45. The minimum Gasteiger partial charge on any atom is -0.366 e. The van der Waals surface area contributed by atoms with E-state index in [-0.39, 0.29) is 18.4 Å². The average molecular weight is 402 g/mol. The van der Waals surface area contributed by atoms with Crippen LogP contribution >= 0.6 is 0 Å². The quantitative estimate of drug-likeness (QED) is 0.724. The number of hydrogen-bond acceptors (Lipinski definition) is 5. The highest BCUT2D eigenvalue weighted by atomic mass is 19.4. The van der Waals surface area contributed by atoms with Gasteiger partial charge in [-0.1, -0.05) is 6.07 Å². The third-order valence-electron chi connectivity index (χ3n) is 5.96. The van der Waals surface area contributed by atoms with Gasteiger partial charge in [-0.05, 0) is 56.6 Å². The zero-order chi connectivity index (χ0) is 20.2. The molecule has 1 N–H and O–H groups in total. The molecule has 6 nitrogen and oxygen atoms in total. The molecule has 1 unspecified atom stereocenters. The van der Waals surface area contributed by atoms with Gasteiger partial charge in [0.05, 0.1) is 23.5 Å². The fourth-order valence-electron chi connectivity index (χ4n) is 4.09. The molecule has 2 aliphatic rings. The van der Waals surface area contributed by atoms with E-state index in [1.165, 1.54) is 12.3 Å². The van der Waals surface area contributed by atoms with Crippen molar-refractivity contribution in [1.82, 2.24) is 24.5 Å². The largest absolute Gasteiger partial charge is 0.398 e. The predicted molar refractivity (Wildman–Crippen MR) is 103 cm³/mol. The van der Waals surface area contributed by atoms with Crippen molar-refractivity contribution in [2.24, 2.45) is 0 Å². The predicted octanol–water partition coefficient (Wildman–Crippen LogP) is 3.50. The van der Waals surface area contributed by atoms with E-state index in [2.05, 4.69) is 32.3 Å². The molecule has 0 aromatic carbocycles. The lowest BCUT2D eigenvalue weighted by Gasteiger charge is -2.19. The minimum atomic E-state index is -4.27. The highest BCUT2D eigenvalue weighted by molar-refractivity contribution is 5.62. The average Bonchev–Trinajstić information content (AvgIpc) is 3.26. The number of halogens is 3. The third-order valence-corrected chi connectivity index (χ3v) is 5.96. The molecule has 3 aromatic heterocycles. The molecule has 1 saturated heterocycles. The number of anilines is 1. The molecule has 1 aliphatic carbocycles. The molecule has 4 heterocycles. The summed E-state index contributed by atoms with van der Waals surface area (Å²) < 4.78 is 41.8. The minimum absolute atomic E-state index is 0.105. The van der Waals surface area contributed by atoms with Crippen molar-refractivity contribution >= 4 is 11.5 Å². The molecular weight excluding hydrogens is 381 g/mol. The highest BCUT2D eigenvalue weighted by Gasteiger charge is 2.64. The fraction of sp³-hybridized carbons (Fsp3) is 0.450. The molecule has 9 heteroatoms. The summed E-state index contributed by atoms with van der Waals surface area (Å²) in [5.74, 6) is 0.767. The van der Waals surface area contributed by atoms with Gasteiger partial charge in [0.25, 0.3) is 0 Å². The Morgan fingerprint density at radius 3 is 2.72 bits per heavy atom. The maximum Gasteiger partial charge on any atom is 0.398 e. The van der Waals surface area contributed by atoms with Crippen LogP contribution in [0, 0.1) is 0 Å². The van der Waals surface area contributed by atoms with E-state index in [0.29, 0.717) is 23.1 Å². The van der Waals surface area contributed by atoms with Gasteiger partial charge in [-0.25, -0.2) is 14.5 Å². The van der Waals surface area contributed by atoms with Crippen molar-refractivity contribution in [1.29, 1.82) is 0 Å². The number of aromatic nitrogens is 4. The molecule has 0 bridgehead atoms. The van der Waals surface area contributed by atoms with E-state index < -0.39 is 11.6 Å². The van der Waals surface area contributed by atoms with E-state index in [4.69, 9.17) is 0 Å². The molecule has 2 fully saturated rings. The Morgan fingerprint density at radius 1 is 1.21 bits per heavy atom. The summed E-state index contributed by atoms with van der Waals surface area (Å²) in [6.07, 6.45) is -0.0768. The zero-order valence-electron chi connectivity index (χ0n) is 15.9. The number of fused-ring (bicyclic) bond motifs is 1. The molecule has 0 spiro atoms. The van der Waals surface area contributed by atoms with Crippen molar-refractivity contribution in [2.45, 2.75) is 36.9 Å². The van der Waals surface area contributed by atoms with Crippen LogP contribution in [0.1, 0.15) is 24.8 Å². The van der Waals surface area contributed by atoms with Crippen LogP contribution < -0.4 is 5.32 Å². The number of alkyl halides is 3. The number of likely N-dealkylation sites (N-methyl/N-ethyl adjacent to an activating group) is 1. The first kappa shape index (κ1) is 18.4. The summed E-state index contributed by atoms with van der Waals surface area (Å²) in [5.41, 5.74) is 0.139. The molecule has 0 amide bonds. The molecule has 5 rings (SSSR count). The molecular formula is C20H21F3N6. The first-order valence-corrected chi connectivity index (χ1v) is 9.69. The molecule has 1 atom stereocenters. The number of pyridine rings is 1. The lowest BCUT2D eigenvalue weighted by Crippen LogP contribution is -2.29. The zero-order valence-corrected chi connectivity index (χ0v) is 15.9. The van der Waals surface area contributed by atoms with E-state index >= 15 is 0 Å². The van der Waals surface area contributed by atoms with Gasteiger partial charge >= 0.3 is 6.18 Å². The topological polar surface area (TPSA) is 58.3 Å². The molecule has 0 radical (unpaired) electrons. The first-order chi connectivity index (χ1) is 13.9. The van der Waals surface area contributed by atoms with Crippen molar-refractivity contribution in [3.8, 4) is 11.4 Å². The Kier molecular flexibility index (Phi) is 4.06. The summed E-state index contributed by atoms with van der Waals surface area (Å²) in [4.78, 5) is 11.2. The standard InChI is InChI=1S/C20H21F3N6/c1-28-8-5-14(12-28)26-17-4-2-3-15(27-17)16-11-24-18-9-13(10-25-29(16)18)19(6-7-19)20(21,22)23/h2-4,9-11,14H,5-8,12H2,1H3,(H,26,27). The SMILES string of the molecule is CN1CCC(Nc2cccc(-c3cnc4cc(C5(C(F)(F)F)CC5)cnn34)n2)C1. The Hall–Kier alpha value is -2.68. The summed E-state index contributed by atoms with van der Waals surface area (Å²) in [5, 5.41) is 7.71. The molecule has 152 valence electrons. The van der Waals surface area contributed by atoms with Crippen molar-refractivity contribution < 1.29 is 13.2 Å². The number of nitrogens with zero attached hydrogens (tertiary/aromatic N) is 5. The van der Waals surface area contributed by atoms with Crippen molar-refractivity contribution in [3.63, 3.8) is 0 Å². The van der Waals surface area contributed by atoms with Crippen molar-refractivity contribution in [3.05, 3.63) is 42.2 Å². The summed E-state index contributed by atoms with van der Waals surface area (Å²) in [6.45, 7) is 2.02. The molecule has 3 aromatic rings. The lowest BCUT2D eigenvalue weighted by molar-refractivity contribution is -0.160. The first-order valence-electron chi connectivity index (χ1n) is 9.69. The normalized spacial score (nSPS) is 21.6. The number of likely N-dealkylation sites (tertiary alicyclic amines) is 1. The second-order valence-corrected chi connectivity index (χ2v) is 8.04. The van der Waals surface area contributed by atoms with Gasteiger partial charge in [0.2, 0.25) is 0 Å². The molecule has 1 aliphatic heterocycles. The van der Waals surface area contributed by atoms with Gasteiger partial charge < -0.3 is 10.2 Å². The maximum atomic E-state index is 13.4. The van der Waals surface area contributed by atoms with Crippen LogP contribution in [0.15, 0.2) is 36.7 Å². The second-order valence-electron chi connectivity index (χ2n) is 8.04. The third kappa shape index (κ3) is 3.13. The highest BCUT2D eigenvalue weighted by Crippen LogP contribution is 2.58.